The van der Waals surface area contributed by atoms with Crippen LogP contribution in [-0.2, 0) is 16.4 Å². The number of aromatic nitrogens is 1. The van der Waals surface area contributed by atoms with Crippen LogP contribution in [-0.4, -0.2) is 54.9 Å². The van der Waals surface area contributed by atoms with Gasteiger partial charge in [-0.15, -0.1) is 35.3 Å². The lowest BCUT2D eigenvalue weighted by molar-refractivity contribution is 0.353. The lowest BCUT2D eigenvalue weighted by Gasteiger charge is -2.39. The van der Waals surface area contributed by atoms with Crippen molar-refractivity contribution in [3.8, 4) is 10.8 Å². The molecule has 1 fully saturated rings. The molecular formula is C16H23IN4O3S2. The highest BCUT2D eigenvalue weighted by Crippen LogP contribution is 2.25. The summed E-state index contributed by atoms with van der Waals surface area (Å²) in [6, 6.07) is 3.92. The summed E-state index contributed by atoms with van der Waals surface area (Å²) in [5.74, 6) is 1.41. The molecule has 0 spiro atoms. The van der Waals surface area contributed by atoms with E-state index in [1.807, 2.05) is 22.4 Å². The monoisotopic (exact) mass is 510 g/mol. The number of oxazole rings is 1. The summed E-state index contributed by atoms with van der Waals surface area (Å²) in [6.07, 6.45) is 1.62. The first kappa shape index (κ1) is 21.2. The topological polar surface area (TPSA) is 87.8 Å². The van der Waals surface area contributed by atoms with Crippen molar-refractivity contribution in [2.75, 3.05) is 25.9 Å². The van der Waals surface area contributed by atoms with Crippen molar-refractivity contribution in [2.45, 2.75) is 25.1 Å². The first-order chi connectivity index (χ1) is 11.8. The molecule has 1 aliphatic rings. The number of hydrogen-bond acceptors (Lipinski definition) is 6. The van der Waals surface area contributed by atoms with E-state index in [9.17, 15) is 8.42 Å². The van der Waals surface area contributed by atoms with Crippen LogP contribution in [0.5, 0.6) is 0 Å². The smallest absolute Gasteiger partial charge is 0.236 e. The Kier molecular flexibility index (Phi) is 6.72. The number of halogens is 1. The van der Waals surface area contributed by atoms with Crippen LogP contribution in [0.1, 0.15) is 19.5 Å². The van der Waals surface area contributed by atoms with Crippen LogP contribution < -0.4 is 5.32 Å². The van der Waals surface area contributed by atoms with Gasteiger partial charge in [-0.3, -0.25) is 4.99 Å². The fourth-order valence-corrected chi connectivity index (χ4v) is 4.75. The molecule has 26 heavy (non-hydrogen) atoms. The molecule has 1 N–H and O–H groups in total. The summed E-state index contributed by atoms with van der Waals surface area (Å²) >= 11 is 1.58. The maximum absolute atomic E-state index is 12.1. The van der Waals surface area contributed by atoms with Crippen LogP contribution >= 0.6 is 35.3 Å². The summed E-state index contributed by atoms with van der Waals surface area (Å²) in [5, 5.41) is 5.22. The third-order valence-corrected chi connectivity index (χ3v) is 7.66. The Hall–Kier alpha value is -1.14. The van der Waals surface area contributed by atoms with E-state index < -0.39 is 14.6 Å². The highest BCUT2D eigenvalue weighted by Gasteiger charge is 2.40. The molecule has 7 nitrogen and oxygen atoms in total. The molecule has 0 bridgehead atoms. The third kappa shape index (κ3) is 4.39. The van der Waals surface area contributed by atoms with Gasteiger partial charge in [0.1, 0.15) is 6.26 Å². The van der Waals surface area contributed by atoms with E-state index in [0.29, 0.717) is 31.5 Å². The van der Waals surface area contributed by atoms with E-state index in [4.69, 9.17) is 4.42 Å². The van der Waals surface area contributed by atoms with E-state index in [1.165, 1.54) is 0 Å². The molecule has 0 unspecified atom stereocenters. The van der Waals surface area contributed by atoms with Crippen molar-refractivity contribution in [1.82, 2.24) is 15.2 Å². The zero-order chi connectivity index (χ0) is 18.1. The molecule has 0 amide bonds. The zero-order valence-corrected chi connectivity index (χ0v) is 18.9. The van der Waals surface area contributed by atoms with Crippen LogP contribution in [0.2, 0.25) is 0 Å². The lowest BCUT2D eigenvalue weighted by atomic mass is 10.2. The summed E-state index contributed by atoms with van der Waals surface area (Å²) in [4.78, 5) is 11.7. The third-order valence-electron chi connectivity index (χ3n) is 4.27. The average Bonchev–Trinajstić information content (AvgIpc) is 3.22. The molecule has 0 aromatic carbocycles. The van der Waals surface area contributed by atoms with Crippen LogP contribution in [0.4, 0.5) is 0 Å². The van der Waals surface area contributed by atoms with Crippen LogP contribution in [0.3, 0.4) is 0 Å². The highest BCUT2D eigenvalue weighted by molar-refractivity contribution is 14.0. The summed E-state index contributed by atoms with van der Waals surface area (Å²) in [7, 11) is -1.38. The maximum Gasteiger partial charge on any atom is 0.236 e. The number of nitrogens with one attached hydrogen (secondary N) is 1. The largest absolute Gasteiger partial charge is 0.443 e. The Morgan fingerprint density at radius 1 is 1.50 bits per heavy atom. The Balaban J connectivity index is 0.00000243. The van der Waals surface area contributed by atoms with Crippen LogP contribution in [0, 0.1) is 0 Å². The molecule has 1 aliphatic heterocycles. The quantitative estimate of drug-likeness (QED) is 0.388. The molecule has 0 radical (unpaired) electrons. The summed E-state index contributed by atoms with van der Waals surface area (Å²) in [5.41, 5.74) is 0.772. The van der Waals surface area contributed by atoms with E-state index in [2.05, 4.69) is 15.3 Å². The summed E-state index contributed by atoms with van der Waals surface area (Å²) < 4.78 is 29.0. The predicted molar refractivity (Wildman–Crippen MR) is 115 cm³/mol. The second kappa shape index (κ2) is 8.26. The number of nitrogens with zero attached hydrogens (tertiary/aromatic N) is 3. The van der Waals surface area contributed by atoms with Gasteiger partial charge in [0.05, 0.1) is 27.6 Å². The maximum atomic E-state index is 12.1. The van der Waals surface area contributed by atoms with Gasteiger partial charge in [0.15, 0.2) is 15.8 Å². The van der Waals surface area contributed by atoms with Crippen LogP contribution in [0.15, 0.2) is 33.2 Å². The lowest BCUT2D eigenvalue weighted by Crippen LogP contribution is -2.57. The normalized spacial score (nSPS) is 19.0. The van der Waals surface area contributed by atoms with Crippen molar-refractivity contribution >= 4 is 51.1 Å². The minimum absolute atomic E-state index is 0. The van der Waals surface area contributed by atoms with E-state index in [-0.39, 0.29) is 29.7 Å². The minimum atomic E-state index is -3.08. The van der Waals surface area contributed by atoms with Gasteiger partial charge >= 0.3 is 0 Å². The molecule has 0 saturated carbocycles. The van der Waals surface area contributed by atoms with Crippen LogP contribution in [0.25, 0.3) is 10.8 Å². The highest BCUT2D eigenvalue weighted by atomic mass is 127. The predicted octanol–water partition coefficient (Wildman–Crippen LogP) is 2.61. The molecule has 0 atom stereocenters. The van der Waals surface area contributed by atoms with Gasteiger partial charge in [0.2, 0.25) is 5.89 Å². The molecule has 3 rings (SSSR count). The fourth-order valence-electron chi connectivity index (χ4n) is 2.73. The second-order valence-electron chi connectivity index (χ2n) is 6.52. The average molecular weight is 510 g/mol. The number of rotatable bonds is 3. The van der Waals surface area contributed by atoms with Gasteiger partial charge in [-0.2, -0.15) is 0 Å². The van der Waals surface area contributed by atoms with E-state index >= 15 is 0 Å². The first-order valence-corrected chi connectivity index (χ1v) is 10.5. The Bertz CT molecular complexity index is 860. The van der Waals surface area contributed by atoms with Gasteiger partial charge in [-0.25, -0.2) is 13.4 Å². The molecule has 10 heteroatoms. The molecular weight excluding hydrogens is 487 g/mol. The van der Waals surface area contributed by atoms with E-state index in [1.54, 1.807) is 38.5 Å². The number of sulfone groups is 1. The molecule has 2 aromatic rings. The second-order valence-corrected chi connectivity index (χ2v) is 10.2. The standard InChI is InChI=1S/C16H22N4O3S2.HI/c1-16(2)11-20(6-8-25(16,21)22)15(17-3)18-9-12-10-23-14(19-12)13-5-4-7-24-13;/h4-5,7,10H,6,8-9,11H2,1-3H3,(H,17,18);1H. The van der Waals surface area contributed by atoms with Crippen molar-refractivity contribution in [2.24, 2.45) is 4.99 Å². The molecule has 0 aliphatic carbocycles. The van der Waals surface area contributed by atoms with Crippen molar-refractivity contribution in [3.63, 3.8) is 0 Å². The zero-order valence-electron chi connectivity index (χ0n) is 14.9. The number of thiophene rings is 1. The number of guanidine groups is 1. The minimum Gasteiger partial charge on any atom is -0.443 e. The molecule has 144 valence electrons. The van der Waals surface area contributed by atoms with E-state index in [0.717, 1.165) is 10.6 Å². The van der Waals surface area contributed by atoms with Crippen molar-refractivity contribution in [3.05, 3.63) is 29.5 Å². The molecule has 1 saturated heterocycles. The molecule has 2 aromatic heterocycles. The molecule has 3 heterocycles. The van der Waals surface area contributed by atoms with Gasteiger partial charge in [0, 0.05) is 20.1 Å². The first-order valence-electron chi connectivity index (χ1n) is 7.98. The Morgan fingerprint density at radius 3 is 2.88 bits per heavy atom. The Labute approximate surface area is 174 Å². The van der Waals surface area contributed by atoms with Gasteiger partial charge < -0.3 is 14.6 Å². The van der Waals surface area contributed by atoms with Crippen molar-refractivity contribution < 1.29 is 12.8 Å². The van der Waals surface area contributed by atoms with Gasteiger partial charge in [0.25, 0.3) is 0 Å². The number of aliphatic imine (C=N–C) groups is 1. The number of hydrogen-bond donors (Lipinski definition) is 1. The van der Waals surface area contributed by atoms with Crippen molar-refractivity contribution in [1.29, 1.82) is 0 Å². The fraction of sp³-hybridized carbons (Fsp3) is 0.500. The van der Waals surface area contributed by atoms with Gasteiger partial charge in [-0.1, -0.05) is 6.07 Å². The SMILES string of the molecule is CN=C(NCc1coc(-c2cccs2)n1)N1CCS(=O)(=O)C(C)(C)C1.I. The van der Waals surface area contributed by atoms with Gasteiger partial charge in [-0.05, 0) is 25.3 Å². The summed E-state index contributed by atoms with van der Waals surface area (Å²) in [6.45, 7) is 4.82. The Morgan fingerprint density at radius 2 is 2.27 bits per heavy atom.